The van der Waals surface area contributed by atoms with Crippen molar-refractivity contribution in [2.45, 2.75) is 6.92 Å². The number of aromatic nitrogens is 3. The average Bonchev–Trinajstić information content (AvgIpc) is 2.11. The molecule has 0 unspecified atom stereocenters. The Bertz CT molecular complexity index is 126. The molecule has 3 N–H and O–H groups in total. The minimum atomic E-state index is -0.333. The van der Waals surface area contributed by atoms with Crippen LogP contribution in [0.3, 0.4) is 0 Å². The Labute approximate surface area is 52.3 Å². The summed E-state index contributed by atoms with van der Waals surface area (Å²) in [6.45, 7) is 1.31. The van der Waals surface area contributed by atoms with E-state index in [1.54, 1.807) is 0 Å². The number of nitrogens with two attached hydrogens (primary N) is 1. The molecule has 0 aromatic carbocycles. The normalized spacial score (nSPS) is 7.22. The predicted molar refractivity (Wildman–Crippen MR) is 31.3 cm³/mol. The van der Waals surface area contributed by atoms with Crippen LogP contribution in [0.15, 0.2) is 12.7 Å². The first-order valence-corrected chi connectivity index (χ1v) is 2.28. The lowest BCUT2D eigenvalue weighted by molar-refractivity contribution is -0.115. The number of nitrogens with zero attached hydrogens (tertiary/aromatic N) is 2. The summed E-state index contributed by atoms with van der Waals surface area (Å²) >= 11 is 0. The maximum absolute atomic E-state index is 9.22. The molecule has 1 rings (SSSR count). The molecule has 1 aromatic heterocycles. The highest BCUT2D eigenvalue weighted by atomic mass is 16.1. The summed E-state index contributed by atoms with van der Waals surface area (Å²) in [6, 6.07) is 0. The third kappa shape index (κ3) is 10.8. The van der Waals surface area contributed by atoms with Gasteiger partial charge in [-0.05, 0) is 0 Å². The second kappa shape index (κ2) is 4.76. The number of aromatic amines is 1. The van der Waals surface area contributed by atoms with Crippen LogP contribution in [0, 0.1) is 0 Å². The molecular weight excluding hydrogens is 120 g/mol. The van der Waals surface area contributed by atoms with E-state index in [4.69, 9.17) is 0 Å². The molecule has 0 bridgehead atoms. The van der Waals surface area contributed by atoms with Gasteiger partial charge < -0.3 is 5.73 Å². The molecule has 0 saturated carbocycles. The largest absolute Gasteiger partial charge is 0.370 e. The van der Waals surface area contributed by atoms with Crippen LogP contribution in [-0.2, 0) is 4.79 Å². The molecule has 1 aromatic rings. The van der Waals surface area contributed by atoms with Gasteiger partial charge in [0.15, 0.2) is 0 Å². The summed E-state index contributed by atoms with van der Waals surface area (Å²) < 4.78 is 0. The van der Waals surface area contributed by atoms with Crippen molar-refractivity contribution in [2.24, 2.45) is 5.73 Å². The zero-order valence-electron chi connectivity index (χ0n) is 5.03. The number of H-pyrrole nitrogens is 1. The van der Waals surface area contributed by atoms with E-state index in [-0.39, 0.29) is 5.91 Å². The van der Waals surface area contributed by atoms with E-state index in [0.29, 0.717) is 0 Å². The monoisotopic (exact) mass is 128 g/mol. The molecule has 0 aliphatic rings. The maximum Gasteiger partial charge on any atom is 0.214 e. The number of nitrogens with one attached hydrogen (secondary N) is 1. The van der Waals surface area contributed by atoms with Crippen molar-refractivity contribution < 1.29 is 4.79 Å². The highest BCUT2D eigenvalue weighted by molar-refractivity contribution is 5.70. The molecule has 1 amide bonds. The number of rotatable bonds is 0. The highest BCUT2D eigenvalue weighted by Crippen LogP contribution is 1.53. The Morgan fingerprint density at radius 2 is 2.33 bits per heavy atom. The lowest BCUT2D eigenvalue weighted by Crippen LogP contribution is -2.01. The molecule has 1 heterocycles. The van der Waals surface area contributed by atoms with Gasteiger partial charge >= 0.3 is 0 Å². The molecule has 0 radical (unpaired) electrons. The maximum atomic E-state index is 9.22. The van der Waals surface area contributed by atoms with E-state index in [1.165, 1.54) is 19.6 Å². The van der Waals surface area contributed by atoms with Gasteiger partial charge in [0.2, 0.25) is 5.91 Å². The van der Waals surface area contributed by atoms with Gasteiger partial charge in [0.05, 0.1) is 0 Å². The zero-order valence-corrected chi connectivity index (χ0v) is 5.03. The van der Waals surface area contributed by atoms with Crippen LogP contribution in [0.2, 0.25) is 0 Å². The number of hydrogen-bond acceptors (Lipinski definition) is 3. The number of hydrogen-bond donors (Lipinski definition) is 2. The van der Waals surface area contributed by atoms with Crippen molar-refractivity contribution >= 4 is 5.91 Å². The molecule has 9 heavy (non-hydrogen) atoms. The molecular formula is C4H8N4O. The fourth-order valence-electron chi connectivity index (χ4n) is 0.167. The summed E-state index contributed by atoms with van der Waals surface area (Å²) in [5, 5.41) is 5.99. The molecule has 0 fully saturated rings. The number of carbonyl (C=O) groups excluding carboxylic acids is 1. The SMILES string of the molecule is CC(N)=O.c1nc[nH]n1. The van der Waals surface area contributed by atoms with Gasteiger partial charge in [-0.15, -0.1) is 0 Å². The van der Waals surface area contributed by atoms with Crippen LogP contribution < -0.4 is 5.73 Å². The first-order valence-electron chi connectivity index (χ1n) is 2.28. The van der Waals surface area contributed by atoms with Crippen LogP contribution in [0.5, 0.6) is 0 Å². The Morgan fingerprint density at radius 3 is 2.44 bits per heavy atom. The first kappa shape index (κ1) is 7.61. The molecule has 50 valence electrons. The van der Waals surface area contributed by atoms with Crippen LogP contribution in [-0.4, -0.2) is 21.1 Å². The van der Waals surface area contributed by atoms with Crippen LogP contribution in [0.4, 0.5) is 0 Å². The summed E-state index contributed by atoms with van der Waals surface area (Å²) in [4.78, 5) is 12.8. The van der Waals surface area contributed by atoms with Crippen LogP contribution in [0.25, 0.3) is 0 Å². The third-order valence-electron chi connectivity index (χ3n) is 0.331. The van der Waals surface area contributed by atoms with Crippen molar-refractivity contribution in [1.29, 1.82) is 0 Å². The van der Waals surface area contributed by atoms with Crippen molar-refractivity contribution in [3.05, 3.63) is 12.7 Å². The first-order chi connectivity index (χ1) is 4.23. The quantitative estimate of drug-likeness (QED) is 0.484. The van der Waals surface area contributed by atoms with E-state index in [0.717, 1.165) is 0 Å². The minimum Gasteiger partial charge on any atom is -0.370 e. The smallest absolute Gasteiger partial charge is 0.214 e. The number of primary amides is 1. The van der Waals surface area contributed by atoms with E-state index < -0.39 is 0 Å². The molecule has 5 heteroatoms. The second-order valence-corrected chi connectivity index (χ2v) is 1.26. The molecule has 0 atom stereocenters. The lowest BCUT2D eigenvalue weighted by Gasteiger charge is -1.60. The standard InChI is InChI=1S/C2H3N3.C2H5NO/c1-3-2-5-4-1;1-2(3)4/h1-2H,(H,3,4,5);1H3,(H2,3,4). The molecule has 0 saturated heterocycles. The summed E-state index contributed by atoms with van der Waals surface area (Å²) in [6.07, 6.45) is 2.96. The van der Waals surface area contributed by atoms with E-state index in [2.05, 4.69) is 20.9 Å². The molecule has 0 aliphatic heterocycles. The van der Waals surface area contributed by atoms with Gasteiger partial charge in [0.25, 0.3) is 0 Å². The van der Waals surface area contributed by atoms with Crippen molar-refractivity contribution in [3.63, 3.8) is 0 Å². The number of carbonyl (C=O) groups is 1. The zero-order chi connectivity index (χ0) is 7.11. The van der Waals surface area contributed by atoms with Gasteiger partial charge in [-0.2, -0.15) is 5.10 Å². The van der Waals surface area contributed by atoms with Gasteiger partial charge in [-0.25, -0.2) is 4.98 Å². The Hall–Kier alpha value is -1.39. The summed E-state index contributed by atoms with van der Waals surface area (Å²) in [5.41, 5.74) is 4.47. The fourth-order valence-corrected chi connectivity index (χ4v) is 0.167. The van der Waals surface area contributed by atoms with Gasteiger partial charge in [-0.1, -0.05) is 0 Å². The van der Waals surface area contributed by atoms with E-state index >= 15 is 0 Å². The van der Waals surface area contributed by atoms with E-state index in [1.807, 2.05) is 0 Å². The molecule has 0 aliphatic carbocycles. The van der Waals surface area contributed by atoms with Crippen LogP contribution in [0.1, 0.15) is 6.92 Å². The van der Waals surface area contributed by atoms with Gasteiger partial charge in [0, 0.05) is 6.92 Å². The third-order valence-corrected chi connectivity index (χ3v) is 0.331. The summed E-state index contributed by atoms with van der Waals surface area (Å²) in [5.74, 6) is -0.333. The summed E-state index contributed by atoms with van der Waals surface area (Å²) in [7, 11) is 0. The Balaban J connectivity index is 0.000000148. The molecule has 5 nitrogen and oxygen atoms in total. The van der Waals surface area contributed by atoms with Gasteiger partial charge in [0.1, 0.15) is 12.7 Å². The van der Waals surface area contributed by atoms with E-state index in [9.17, 15) is 4.79 Å². The Morgan fingerprint density at radius 1 is 1.78 bits per heavy atom. The van der Waals surface area contributed by atoms with Crippen molar-refractivity contribution in [2.75, 3.05) is 0 Å². The highest BCUT2D eigenvalue weighted by Gasteiger charge is 1.61. The fraction of sp³-hybridized carbons (Fsp3) is 0.250. The van der Waals surface area contributed by atoms with Crippen molar-refractivity contribution in [3.8, 4) is 0 Å². The molecule has 0 spiro atoms. The average molecular weight is 128 g/mol. The van der Waals surface area contributed by atoms with Crippen molar-refractivity contribution in [1.82, 2.24) is 15.2 Å². The van der Waals surface area contributed by atoms with Crippen LogP contribution >= 0.6 is 0 Å². The second-order valence-electron chi connectivity index (χ2n) is 1.26. The number of amides is 1. The van der Waals surface area contributed by atoms with Gasteiger partial charge in [-0.3, -0.25) is 9.89 Å². The predicted octanol–water partition coefficient (Wildman–Crippen LogP) is -0.704. The minimum absolute atomic E-state index is 0.333. The topological polar surface area (TPSA) is 84.7 Å². The lowest BCUT2D eigenvalue weighted by atomic mass is 10.8. The Kier molecular flexibility index (Phi) is 4.03.